The molecule has 1 aliphatic rings. The molecule has 0 saturated carbocycles. The van der Waals surface area contributed by atoms with E-state index in [1.54, 1.807) is 24.0 Å². The molecule has 0 aromatic heterocycles. The van der Waals surface area contributed by atoms with Gasteiger partial charge >= 0.3 is 12.1 Å². The molecular formula is C19H17ClF3N3O3. The Labute approximate surface area is 169 Å². The molecule has 1 saturated heterocycles. The van der Waals surface area contributed by atoms with E-state index in [1.807, 2.05) is 0 Å². The number of hydrogen-bond acceptors (Lipinski definition) is 5. The van der Waals surface area contributed by atoms with Crippen LogP contribution in [0, 0.1) is 0 Å². The SMILES string of the molecule is CCN1CC(c2cccc(O)c2)OC(=O)/C1=N/Nc1cc(C(F)(F)F)ccc1Cl. The molecule has 1 aliphatic heterocycles. The van der Waals surface area contributed by atoms with Gasteiger partial charge in [-0.15, -0.1) is 5.10 Å². The lowest BCUT2D eigenvalue weighted by atomic mass is 10.1. The summed E-state index contributed by atoms with van der Waals surface area (Å²) in [6.45, 7) is 2.47. The summed E-state index contributed by atoms with van der Waals surface area (Å²) in [7, 11) is 0. The van der Waals surface area contributed by atoms with Crippen molar-refractivity contribution in [3.63, 3.8) is 0 Å². The number of nitrogens with one attached hydrogen (secondary N) is 1. The first kappa shape index (κ1) is 20.8. The Kier molecular flexibility index (Phi) is 5.88. The number of phenolic OH excluding ortho intramolecular Hbond substituents is 1. The second kappa shape index (κ2) is 8.20. The average Bonchev–Trinajstić information content (AvgIpc) is 2.66. The number of cyclic esters (lactones) is 1. The van der Waals surface area contributed by atoms with Crippen LogP contribution < -0.4 is 5.43 Å². The third kappa shape index (κ3) is 4.73. The number of benzene rings is 2. The van der Waals surface area contributed by atoms with Gasteiger partial charge in [-0.2, -0.15) is 13.2 Å². The normalized spacial score (nSPS) is 18.7. The third-order valence-electron chi connectivity index (χ3n) is 4.32. The van der Waals surface area contributed by atoms with Crippen molar-refractivity contribution in [2.45, 2.75) is 19.2 Å². The number of esters is 1. The summed E-state index contributed by atoms with van der Waals surface area (Å²) in [5.41, 5.74) is 2.06. The van der Waals surface area contributed by atoms with Crippen LogP contribution in [0.15, 0.2) is 47.6 Å². The molecule has 10 heteroatoms. The summed E-state index contributed by atoms with van der Waals surface area (Å²) < 4.78 is 44.1. The third-order valence-corrected chi connectivity index (χ3v) is 4.65. The van der Waals surface area contributed by atoms with Crippen molar-refractivity contribution >= 4 is 29.1 Å². The second-order valence-corrected chi connectivity index (χ2v) is 6.67. The van der Waals surface area contributed by atoms with Crippen LogP contribution in [0.4, 0.5) is 18.9 Å². The number of ether oxygens (including phenoxy) is 1. The van der Waals surface area contributed by atoms with Crippen molar-refractivity contribution in [3.05, 3.63) is 58.6 Å². The number of morpholine rings is 1. The van der Waals surface area contributed by atoms with E-state index in [1.165, 1.54) is 12.1 Å². The number of nitrogens with zero attached hydrogens (tertiary/aromatic N) is 2. The maximum absolute atomic E-state index is 12.9. The minimum Gasteiger partial charge on any atom is -0.508 e. The van der Waals surface area contributed by atoms with Crippen LogP contribution in [0.3, 0.4) is 0 Å². The number of alkyl halides is 3. The number of likely N-dealkylation sites (N-methyl/N-ethyl adjacent to an activating group) is 1. The predicted octanol–water partition coefficient (Wildman–Crippen LogP) is 4.41. The minimum atomic E-state index is -4.54. The van der Waals surface area contributed by atoms with Crippen molar-refractivity contribution in [2.75, 3.05) is 18.5 Å². The van der Waals surface area contributed by atoms with Crippen LogP contribution in [0.5, 0.6) is 5.75 Å². The van der Waals surface area contributed by atoms with Crippen LogP contribution in [-0.2, 0) is 15.7 Å². The van der Waals surface area contributed by atoms with Crippen LogP contribution in [-0.4, -0.2) is 34.9 Å². The Bertz CT molecular complexity index is 950. The fourth-order valence-corrected chi connectivity index (χ4v) is 2.99. The summed E-state index contributed by atoms with van der Waals surface area (Å²) in [6.07, 6.45) is -5.16. The Balaban J connectivity index is 1.82. The predicted molar refractivity (Wildman–Crippen MR) is 102 cm³/mol. The van der Waals surface area contributed by atoms with E-state index >= 15 is 0 Å². The Morgan fingerprint density at radius 1 is 1.31 bits per heavy atom. The number of hydrogen-bond donors (Lipinski definition) is 2. The number of amidine groups is 1. The monoisotopic (exact) mass is 427 g/mol. The van der Waals surface area contributed by atoms with E-state index in [0.29, 0.717) is 12.1 Å². The van der Waals surface area contributed by atoms with Gasteiger partial charge in [-0.3, -0.25) is 5.43 Å². The smallest absolute Gasteiger partial charge is 0.416 e. The molecule has 0 aliphatic carbocycles. The molecule has 2 aromatic rings. The van der Waals surface area contributed by atoms with Gasteiger partial charge < -0.3 is 14.7 Å². The number of carbonyl (C=O) groups is 1. The summed E-state index contributed by atoms with van der Waals surface area (Å²) in [6, 6.07) is 9.11. The van der Waals surface area contributed by atoms with Crippen molar-refractivity contribution in [1.82, 2.24) is 4.90 Å². The lowest BCUT2D eigenvalue weighted by molar-refractivity contribution is -0.146. The first-order valence-electron chi connectivity index (χ1n) is 8.64. The number of carbonyl (C=O) groups excluding carboxylic acids is 1. The maximum Gasteiger partial charge on any atom is 0.416 e. The average molecular weight is 428 g/mol. The van der Waals surface area contributed by atoms with Crippen molar-refractivity contribution in [1.29, 1.82) is 0 Å². The van der Waals surface area contributed by atoms with Gasteiger partial charge in [0.25, 0.3) is 0 Å². The van der Waals surface area contributed by atoms with E-state index in [0.717, 1.165) is 18.2 Å². The van der Waals surface area contributed by atoms with E-state index < -0.39 is 23.8 Å². The van der Waals surface area contributed by atoms with Crippen LogP contribution in [0.25, 0.3) is 0 Å². The lowest BCUT2D eigenvalue weighted by Gasteiger charge is -2.33. The molecule has 0 amide bonds. The van der Waals surface area contributed by atoms with Crippen LogP contribution in [0.1, 0.15) is 24.2 Å². The highest BCUT2D eigenvalue weighted by Crippen LogP contribution is 2.34. The fourth-order valence-electron chi connectivity index (χ4n) is 2.83. The molecule has 0 spiro atoms. The zero-order valence-electron chi connectivity index (χ0n) is 15.2. The molecule has 2 aromatic carbocycles. The molecule has 1 unspecified atom stereocenters. The molecular weight excluding hydrogens is 411 g/mol. The summed E-state index contributed by atoms with van der Waals surface area (Å²) in [5.74, 6) is -0.790. The lowest BCUT2D eigenvalue weighted by Crippen LogP contribution is -2.46. The van der Waals surface area contributed by atoms with E-state index in [4.69, 9.17) is 16.3 Å². The van der Waals surface area contributed by atoms with Crippen molar-refractivity contribution < 1.29 is 27.8 Å². The number of aromatic hydroxyl groups is 1. The van der Waals surface area contributed by atoms with E-state index in [-0.39, 0.29) is 28.8 Å². The molecule has 0 radical (unpaired) electrons. The van der Waals surface area contributed by atoms with E-state index in [9.17, 15) is 23.1 Å². The zero-order chi connectivity index (χ0) is 21.2. The number of halogens is 4. The Morgan fingerprint density at radius 2 is 2.07 bits per heavy atom. The molecule has 29 heavy (non-hydrogen) atoms. The molecule has 154 valence electrons. The maximum atomic E-state index is 12.9. The number of phenols is 1. The minimum absolute atomic E-state index is 0.0206. The summed E-state index contributed by atoms with van der Waals surface area (Å²) >= 11 is 5.94. The molecule has 3 rings (SSSR count). The van der Waals surface area contributed by atoms with Gasteiger partial charge in [-0.05, 0) is 42.8 Å². The van der Waals surface area contributed by atoms with Crippen LogP contribution in [0.2, 0.25) is 5.02 Å². The topological polar surface area (TPSA) is 74.2 Å². The zero-order valence-corrected chi connectivity index (χ0v) is 16.0. The van der Waals surface area contributed by atoms with Gasteiger partial charge in [0, 0.05) is 6.54 Å². The number of hydrazone groups is 1. The largest absolute Gasteiger partial charge is 0.508 e. The van der Waals surface area contributed by atoms with Gasteiger partial charge in [0.1, 0.15) is 11.9 Å². The molecule has 1 atom stereocenters. The highest BCUT2D eigenvalue weighted by molar-refractivity contribution is 6.36. The van der Waals surface area contributed by atoms with Crippen LogP contribution >= 0.6 is 11.6 Å². The summed E-state index contributed by atoms with van der Waals surface area (Å²) in [5, 5.41) is 13.6. The molecule has 6 nitrogen and oxygen atoms in total. The highest BCUT2D eigenvalue weighted by Gasteiger charge is 2.34. The van der Waals surface area contributed by atoms with E-state index in [2.05, 4.69) is 10.5 Å². The van der Waals surface area contributed by atoms with Gasteiger partial charge in [0.15, 0.2) is 0 Å². The Morgan fingerprint density at radius 3 is 2.72 bits per heavy atom. The van der Waals surface area contributed by atoms with Crippen molar-refractivity contribution in [2.24, 2.45) is 5.10 Å². The molecule has 1 heterocycles. The number of rotatable bonds is 4. The molecule has 0 bridgehead atoms. The van der Waals surface area contributed by atoms with Gasteiger partial charge in [0.2, 0.25) is 5.84 Å². The van der Waals surface area contributed by atoms with Gasteiger partial charge in [0.05, 0.1) is 22.8 Å². The van der Waals surface area contributed by atoms with Crippen molar-refractivity contribution in [3.8, 4) is 5.75 Å². The van der Waals surface area contributed by atoms with Gasteiger partial charge in [-0.25, -0.2) is 4.79 Å². The van der Waals surface area contributed by atoms with Gasteiger partial charge in [-0.1, -0.05) is 23.7 Å². The second-order valence-electron chi connectivity index (χ2n) is 6.27. The molecule has 2 N–H and O–H groups in total. The summed E-state index contributed by atoms with van der Waals surface area (Å²) in [4.78, 5) is 14.1. The quantitative estimate of drug-likeness (QED) is 0.558. The Hall–Kier alpha value is -2.94. The fraction of sp³-hybridized carbons (Fsp3) is 0.263. The number of anilines is 1. The molecule has 1 fully saturated rings. The first-order chi connectivity index (χ1) is 13.7. The standard InChI is InChI=1S/C19H17ClF3N3O3/c1-2-26-10-16(11-4-3-5-13(27)8-11)29-18(28)17(26)25-24-15-9-12(19(21,22)23)6-7-14(15)20/h3-9,16,24,27H,2,10H2,1H3/b25-17-. The first-order valence-corrected chi connectivity index (χ1v) is 9.02. The highest BCUT2D eigenvalue weighted by atomic mass is 35.5.